The van der Waals surface area contributed by atoms with Crippen LogP contribution in [0.15, 0.2) is 52.9 Å². The summed E-state index contributed by atoms with van der Waals surface area (Å²) in [7, 11) is 0. The number of hydrogen-bond acceptors (Lipinski definition) is 4. The van der Waals surface area contributed by atoms with E-state index >= 15 is 0 Å². The maximum Gasteiger partial charge on any atom is 0.290 e. The van der Waals surface area contributed by atoms with Gasteiger partial charge in [0.2, 0.25) is 0 Å². The number of para-hydroxylation sites is 2. The van der Waals surface area contributed by atoms with Gasteiger partial charge in [-0.1, -0.05) is 48.9 Å². The molecule has 0 aliphatic carbocycles. The molecule has 1 amide bonds. The second kappa shape index (κ2) is 7.49. The van der Waals surface area contributed by atoms with Gasteiger partial charge >= 0.3 is 0 Å². The molecule has 28 heavy (non-hydrogen) atoms. The number of nitrogens with two attached hydrogens (primary N) is 1. The van der Waals surface area contributed by atoms with Gasteiger partial charge in [0.25, 0.3) is 5.91 Å². The van der Waals surface area contributed by atoms with Gasteiger partial charge in [-0.15, -0.1) is 0 Å². The topological polar surface area (TPSA) is 68.7 Å². The second-order valence-electron chi connectivity index (χ2n) is 7.62. The molecule has 1 aliphatic rings. The molecule has 1 fully saturated rings. The Balaban J connectivity index is 1.66. The highest BCUT2D eigenvalue weighted by Crippen LogP contribution is 2.33. The quantitative estimate of drug-likeness (QED) is 0.688. The van der Waals surface area contributed by atoms with Crippen molar-refractivity contribution in [3.63, 3.8) is 0 Å². The van der Waals surface area contributed by atoms with Crippen molar-refractivity contribution in [3.8, 4) is 5.75 Å². The van der Waals surface area contributed by atoms with Crippen molar-refractivity contribution in [2.75, 3.05) is 19.6 Å². The van der Waals surface area contributed by atoms with Crippen molar-refractivity contribution in [2.45, 2.75) is 20.0 Å². The maximum absolute atomic E-state index is 13.2. The third-order valence-corrected chi connectivity index (χ3v) is 5.75. The normalized spacial score (nSPS) is 19.3. The molecule has 1 unspecified atom stereocenters. The van der Waals surface area contributed by atoms with E-state index in [4.69, 9.17) is 26.5 Å². The summed E-state index contributed by atoms with van der Waals surface area (Å²) >= 11 is 6.20. The number of benzene rings is 2. The minimum atomic E-state index is -0.119. The van der Waals surface area contributed by atoms with Gasteiger partial charge in [0.05, 0.1) is 5.02 Å². The number of nitrogens with zero attached hydrogens (tertiary/aromatic N) is 1. The summed E-state index contributed by atoms with van der Waals surface area (Å²) in [5, 5.41) is 1.40. The Bertz CT molecular complexity index is 1020. The van der Waals surface area contributed by atoms with Crippen LogP contribution >= 0.6 is 11.6 Å². The van der Waals surface area contributed by atoms with Gasteiger partial charge in [-0.3, -0.25) is 4.79 Å². The molecule has 1 aromatic heterocycles. The van der Waals surface area contributed by atoms with Crippen LogP contribution in [0.4, 0.5) is 0 Å². The molecule has 6 heteroatoms. The maximum atomic E-state index is 13.2. The lowest BCUT2D eigenvalue weighted by Gasteiger charge is -2.22. The van der Waals surface area contributed by atoms with E-state index in [-0.39, 0.29) is 17.9 Å². The zero-order valence-electron chi connectivity index (χ0n) is 15.8. The third-order valence-electron chi connectivity index (χ3n) is 5.44. The van der Waals surface area contributed by atoms with E-state index in [2.05, 4.69) is 6.92 Å². The molecule has 1 atom stereocenters. The van der Waals surface area contributed by atoms with Crippen LogP contribution < -0.4 is 10.5 Å². The van der Waals surface area contributed by atoms with Gasteiger partial charge in [-0.25, -0.2) is 0 Å². The van der Waals surface area contributed by atoms with Crippen LogP contribution in [-0.2, 0) is 6.61 Å². The van der Waals surface area contributed by atoms with Gasteiger partial charge in [-0.05, 0) is 36.6 Å². The Hall–Kier alpha value is -2.50. The molecule has 2 aromatic carbocycles. The molecule has 0 saturated carbocycles. The van der Waals surface area contributed by atoms with Crippen LogP contribution in [0, 0.1) is 5.41 Å². The van der Waals surface area contributed by atoms with E-state index in [0.29, 0.717) is 41.7 Å². The zero-order valence-corrected chi connectivity index (χ0v) is 16.5. The molecular weight excluding hydrogens is 376 g/mol. The highest BCUT2D eigenvalue weighted by Gasteiger charge is 2.37. The number of amides is 1. The highest BCUT2D eigenvalue weighted by atomic mass is 35.5. The van der Waals surface area contributed by atoms with Crippen LogP contribution in [-0.4, -0.2) is 30.4 Å². The standard InChI is InChI=1S/C22H23ClN2O3/c1-22(13-24)10-11-25(14-22)21(26)20-16(15-6-2-4-8-18(15)28-20)12-27-19-9-5-3-7-17(19)23/h2-9H,10-14,24H2,1H3. The first kappa shape index (κ1) is 18.8. The van der Waals surface area contributed by atoms with Crippen LogP contribution in [0.3, 0.4) is 0 Å². The number of hydrogen-bond donors (Lipinski definition) is 1. The van der Waals surface area contributed by atoms with Crippen molar-refractivity contribution in [2.24, 2.45) is 11.1 Å². The van der Waals surface area contributed by atoms with Crippen molar-refractivity contribution in [3.05, 3.63) is 64.9 Å². The average molecular weight is 399 g/mol. The minimum absolute atomic E-state index is 0.0457. The Kier molecular flexibility index (Phi) is 5.04. The molecule has 0 bridgehead atoms. The number of furan rings is 1. The number of carbonyl (C=O) groups is 1. The summed E-state index contributed by atoms with van der Waals surface area (Å²) in [5.41, 5.74) is 7.26. The van der Waals surface area contributed by atoms with Gasteiger partial charge in [0, 0.05) is 24.0 Å². The highest BCUT2D eigenvalue weighted by molar-refractivity contribution is 6.32. The van der Waals surface area contributed by atoms with Crippen molar-refractivity contribution in [1.29, 1.82) is 0 Å². The monoisotopic (exact) mass is 398 g/mol. The Labute approximate surface area is 169 Å². The summed E-state index contributed by atoms with van der Waals surface area (Å²) in [6.45, 7) is 4.17. The van der Waals surface area contributed by atoms with Gasteiger partial charge < -0.3 is 19.8 Å². The fourth-order valence-corrected chi connectivity index (χ4v) is 3.82. The lowest BCUT2D eigenvalue weighted by atomic mass is 9.90. The number of carbonyl (C=O) groups excluding carboxylic acids is 1. The molecule has 4 rings (SSSR count). The van der Waals surface area contributed by atoms with Crippen molar-refractivity contribution < 1.29 is 13.9 Å². The lowest BCUT2D eigenvalue weighted by Crippen LogP contribution is -2.34. The summed E-state index contributed by atoms with van der Waals surface area (Å²) in [4.78, 5) is 15.1. The molecule has 2 heterocycles. The molecular formula is C22H23ClN2O3. The van der Waals surface area contributed by atoms with Gasteiger partial charge in [0.15, 0.2) is 5.76 Å². The smallest absolute Gasteiger partial charge is 0.290 e. The molecule has 146 valence electrons. The fourth-order valence-electron chi connectivity index (χ4n) is 3.63. The van der Waals surface area contributed by atoms with Gasteiger partial charge in [0.1, 0.15) is 17.9 Å². The number of fused-ring (bicyclic) bond motifs is 1. The molecule has 0 radical (unpaired) electrons. The Morgan fingerprint density at radius 1 is 1.25 bits per heavy atom. The van der Waals surface area contributed by atoms with Crippen molar-refractivity contribution >= 4 is 28.5 Å². The average Bonchev–Trinajstić information content (AvgIpc) is 3.28. The van der Waals surface area contributed by atoms with E-state index in [0.717, 1.165) is 17.4 Å². The number of halogens is 1. The van der Waals surface area contributed by atoms with E-state index in [1.54, 1.807) is 12.1 Å². The van der Waals surface area contributed by atoms with Crippen LogP contribution in [0.2, 0.25) is 5.02 Å². The molecule has 0 spiro atoms. The second-order valence-corrected chi connectivity index (χ2v) is 8.02. The van der Waals surface area contributed by atoms with Crippen molar-refractivity contribution in [1.82, 2.24) is 4.90 Å². The van der Waals surface area contributed by atoms with Crippen LogP contribution in [0.25, 0.3) is 11.0 Å². The number of ether oxygens (including phenoxy) is 1. The fraction of sp³-hybridized carbons (Fsp3) is 0.318. The first-order chi connectivity index (χ1) is 13.5. The molecule has 3 aromatic rings. The lowest BCUT2D eigenvalue weighted by molar-refractivity contribution is 0.0744. The Morgan fingerprint density at radius 3 is 2.75 bits per heavy atom. The number of likely N-dealkylation sites (tertiary alicyclic amines) is 1. The van der Waals surface area contributed by atoms with E-state index < -0.39 is 0 Å². The predicted molar refractivity (Wildman–Crippen MR) is 110 cm³/mol. The first-order valence-electron chi connectivity index (χ1n) is 9.38. The van der Waals surface area contributed by atoms with E-state index in [1.165, 1.54) is 0 Å². The molecule has 1 aliphatic heterocycles. The van der Waals surface area contributed by atoms with Crippen LogP contribution in [0.5, 0.6) is 5.75 Å². The Morgan fingerprint density at radius 2 is 2.00 bits per heavy atom. The largest absolute Gasteiger partial charge is 0.487 e. The minimum Gasteiger partial charge on any atom is -0.487 e. The predicted octanol–water partition coefficient (Wildman–Crippen LogP) is 4.48. The first-order valence-corrected chi connectivity index (χ1v) is 9.76. The number of rotatable bonds is 5. The molecule has 2 N–H and O–H groups in total. The van der Waals surface area contributed by atoms with E-state index in [9.17, 15) is 4.79 Å². The zero-order chi connectivity index (χ0) is 19.7. The third kappa shape index (κ3) is 3.48. The summed E-state index contributed by atoms with van der Waals surface area (Å²) in [5.74, 6) is 0.783. The van der Waals surface area contributed by atoms with Gasteiger partial charge in [-0.2, -0.15) is 0 Å². The summed E-state index contributed by atoms with van der Waals surface area (Å²) < 4.78 is 11.9. The molecule has 5 nitrogen and oxygen atoms in total. The summed E-state index contributed by atoms with van der Waals surface area (Å²) in [6.07, 6.45) is 0.890. The SMILES string of the molecule is CC1(CN)CCN(C(=O)c2oc3ccccc3c2COc2ccccc2Cl)C1. The molecule has 1 saturated heterocycles. The van der Waals surface area contributed by atoms with E-state index in [1.807, 2.05) is 41.3 Å². The summed E-state index contributed by atoms with van der Waals surface area (Å²) in [6, 6.07) is 14.9. The van der Waals surface area contributed by atoms with Crippen LogP contribution in [0.1, 0.15) is 29.5 Å².